The number of aromatic nitrogens is 2. The first-order valence-corrected chi connectivity index (χ1v) is 7.36. The Labute approximate surface area is 105 Å². The highest BCUT2D eigenvalue weighted by atomic mass is 32.2. The lowest BCUT2D eigenvalue weighted by molar-refractivity contribution is 0.367. The predicted octanol–water partition coefficient (Wildman–Crippen LogP) is 0.613. The van der Waals surface area contributed by atoms with Gasteiger partial charge in [0, 0.05) is 6.04 Å². The summed E-state index contributed by atoms with van der Waals surface area (Å²) >= 11 is 0. The summed E-state index contributed by atoms with van der Waals surface area (Å²) in [5.74, 6) is -0.200. The topological polar surface area (TPSA) is 81.2 Å². The zero-order valence-electron chi connectivity index (χ0n) is 9.89. The number of nitrogens with zero attached hydrogens (tertiary/aromatic N) is 2. The van der Waals surface area contributed by atoms with Gasteiger partial charge in [-0.15, -0.1) is 0 Å². The largest absolute Gasteiger partial charge is 0.479 e. The summed E-state index contributed by atoms with van der Waals surface area (Å²) < 4.78 is 40.4. The molecular formula is C10H14FN3O3S. The number of sulfone groups is 1. The van der Waals surface area contributed by atoms with Crippen LogP contribution in [-0.4, -0.2) is 43.0 Å². The number of hydrogen-bond acceptors (Lipinski definition) is 6. The zero-order valence-corrected chi connectivity index (χ0v) is 10.7. The fourth-order valence-corrected chi connectivity index (χ4v) is 3.27. The van der Waals surface area contributed by atoms with Crippen LogP contribution in [0, 0.1) is 5.82 Å². The number of methoxy groups -OCH3 is 1. The number of rotatable bonds is 3. The third kappa shape index (κ3) is 3.06. The van der Waals surface area contributed by atoms with Crippen LogP contribution in [0.3, 0.4) is 0 Å². The van der Waals surface area contributed by atoms with Gasteiger partial charge in [-0.25, -0.2) is 13.4 Å². The van der Waals surface area contributed by atoms with Crippen LogP contribution in [0.25, 0.3) is 0 Å². The highest BCUT2D eigenvalue weighted by molar-refractivity contribution is 7.91. The molecule has 1 aromatic heterocycles. The zero-order chi connectivity index (χ0) is 13.2. The van der Waals surface area contributed by atoms with Crippen LogP contribution < -0.4 is 10.1 Å². The Morgan fingerprint density at radius 2 is 2.11 bits per heavy atom. The van der Waals surface area contributed by atoms with Crippen LogP contribution in [0.4, 0.5) is 10.3 Å². The van der Waals surface area contributed by atoms with Crippen LogP contribution in [0.2, 0.25) is 0 Å². The van der Waals surface area contributed by atoms with Gasteiger partial charge in [0.25, 0.3) is 5.88 Å². The number of halogens is 1. The molecule has 0 spiro atoms. The van der Waals surface area contributed by atoms with E-state index in [1.165, 1.54) is 7.11 Å². The van der Waals surface area contributed by atoms with E-state index >= 15 is 0 Å². The van der Waals surface area contributed by atoms with Crippen molar-refractivity contribution in [3.8, 4) is 5.88 Å². The third-order valence-corrected chi connectivity index (χ3v) is 4.51. The summed E-state index contributed by atoms with van der Waals surface area (Å²) in [5.41, 5.74) is 0. The average molecular weight is 275 g/mol. The van der Waals surface area contributed by atoms with E-state index in [4.69, 9.17) is 4.74 Å². The smallest absolute Gasteiger partial charge is 0.255 e. The van der Waals surface area contributed by atoms with Crippen molar-refractivity contribution in [3.63, 3.8) is 0 Å². The summed E-state index contributed by atoms with van der Waals surface area (Å²) in [7, 11) is -1.57. The molecule has 0 bridgehead atoms. The molecule has 1 saturated heterocycles. The molecule has 2 heterocycles. The van der Waals surface area contributed by atoms with Crippen molar-refractivity contribution in [2.24, 2.45) is 0 Å². The Balaban J connectivity index is 2.02. The lowest BCUT2D eigenvalue weighted by Gasteiger charge is -2.22. The van der Waals surface area contributed by atoms with E-state index in [2.05, 4.69) is 15.3 Å². The van der Waals surface area contributed by atoms with Gasteiger partial charge in [0.1, 0.15) is 9.84 Å². The average Bonchev–Trinajstić information content (AvgIpc) is 2.34. The molecule has 100 valence electrons. The van der Waals surface area contributed by atoms with Crippen molar-refractivity contribution in [1.82, 2.24) is 9.97 Å². The standard InChI is InChI=1S/C10H14FN3O3S/c1-17-9-8(11)6-12-10(14-9)13-7-2-4-18(15,16)5-3-7/h6-7H,2-5H2,1H3,(H,12,13,14). The van der Waals surface area contributed by atoms with Crippen LogP contribution in [0.15, 0.2) is 6.20 Å². The van der Waals surface area contributed by atoms with Gasteiger partial charge in [0.15, 0.2) is 0 Å². The van der Waals surface area contributed by atoms with Crippen LogP contribution >= 0.6 is 0 Å². The maximum atomic E-state index is 13.1. The van der Waals surface area contributed by atoms with E-state index in [1.54, 1.807) is 0 Å². The SMILES string of the molecule is COc1nc(NC2CCS(=O)(=O)CC2)ncc1F. The summed E-state index contributed by atoms with van der Waals surface area (Å²) in [4.78, 5) is 7.64. The van der Waals surface area contributed by atoms with Gasteiger partial charge >= 0.3 is 0 Å². The Bertz CT molecular complexity index is 521. The molecule has 0 saturated carbocycles. The highest BCUT2D eigenvalue weighted by Crippen LogP contribution is 2.18. The van der Waals surface area contributed by atoms with Crippen molar-refractivity contribution < 1.29 is 17.5 Å². The molecule has 1 N–H and O–H groups in total. The fraction of sp³-hybridized carbons (Fsp3) is 0.600. The second-order valence-corrected chi connectivity index (χ2v) is 6.42. The van der Waals surface area contributed by atoms with Gasteiger partial charge in [0.2, 0.25) is 11.8 Å². The summed E-state index contributed by atoms with van der Waals surface area (Å²) in [6.07, 6.45) is 2.03. The van der Waals surface area contributed by atoms with E-state index in [0.29, 0.717) is 12.8 Å². The van der Waals surface area contributed by atoms with Crippen molar-refractivity contribution >= 4 is 15.8 Å². The van der Waals surface area contributed by atoms with Crippen molar-refractivity contribution in [2.45, 2.75) is 18.9 Å². The Morgan fingerprint density at radius 1 is 1.44 bits per heavy atom. The molecular weight excluding hydrogens is 261 g/mol. The molecule has 0 amide bonds. The Kier molecular flexibility index (Phi) is 3.65. The Hall–Kier alpha value is -1.44. The Morgan fingerprint density at radius 3 is 2.72 bits per heavy atom. The second kappa shape index (κ2) is 5.05. The molecule has 6 nitrogen and oxygen atoms in total. The van der Waals surface area contributed by atoms with E-state index in [9.17, 15) is 12.8 Å². The van der Waals surface area contributed by atoms with Gasteiger partial charge in [-0.1, -0.05) is 0 Å². The van der Waals surface area contributed by atoms with Crippen molar-refractivity contribution in [1.29, 1.82) is 0 Å². The normalized spacial score (nSPS) is 19.4. The lowest BCUT2D eigenvalue weighted by Crippen LogP contribution is -2.32. The van der Waals surface area contributed by atoms with Gasteiger partial charge in [-0.05, 0) is 12.8 Å². The fourth-order valence-electron chi connectivity index (χ4n) is 1.78. The summed E-state index contributed by atoms with van der Waals surface area (Å²) in [6.45, 7) is 0. The first-order valence-electron chi connectivity index (χ1n) is 5.53. The van der Waals surface area contributed by atoms with E-state index in [-0.39, 0.29) is 29.4 Å². The van der Waals surface area contributed by atoms with Crippen LogP contribution in [0.1, 0.15) is 12.8 Å². The van der Waals surface area contributed by atoms with Crippen molar-refractivity contribution in [3.05, 3.63) is 12.0 Å². The van der Waals surface area contributed by atoms with E-state index in [1.807, 2.05) is 0 Å². The quantitative estimate of drug-likeness (QED) is 0.870. The minimum Gasteiger partial charge on any atom is -0.479 e. The van der Waals surface area contributed by atoms with E-state index in [0.717, 1.165) is 6.20 Å². The first kappa shape index (κ1) is 13.0. The number of ether oxygens (including phenoxy) is 1. The van der Waals surface area contributed by atoms with Crippen molar-refractivity contribution in [2.75, 3.05) is 23.9 Å². The number of anilines is 1. The van der Waals surface area contributed by atoms with Gasteiger partial charge in [-0.3, -0.25) is 0 Å². The number of nitrogens with one attached hydrogen (secondary N) is 1. The molecule has 1 aromatic rings. The molecule has 0 radical (unpaired) electrons. The van der Waals surface area contributed by atoms with Gasteiger partial charge in [-0.2, -0.15) is 9.37 Å². The monoisotopic (exact) mass is 275 g/mol. The van der Waals surface area contributed by atoms with Crippen LogP contribution in [-0.2, 0) is 9.84 Å². The minimum absolute atomic E-state index is 0.0105. The van der Waals surface area contributed by atoms with Gasteiger partial charge < -0.3 is 10.1 Å². The molecule has 0 aliphatic carbocycles. The highest BCUT2D eigenvalue weighted by Gasteiger charge is 2.24. The maximum absolute atomic E-state index is 13.1. The first-order chi connectivity index (χ1) is 8.50. The third-order valence-electron chi connectivity index (χ3n) is 2.79. The van der Waals surface area contributed by atoms with Crippen LogP contribution in [0.5, 0.6) is 5.88 Å². The molecule has 18 heavy (non-hydrogen) atoms. The molecule has 1 aliphatic heterocycles. The summed E-state index contributed by atoms with van der Waals surface area (Å²) in [5, 5.41) is 2.99. The molecule has 0 aromatic carbocycles. The second-order valence-electron chi connectivity index (χ2n) is 4.12. The maximum Gasteiger partial charge on any atom is 0.255 e. The molecule has 1 aliphatic rings. The molecule has 0 unspecified atom stereocenters. The van der Waals surface area contributed by atoms with E-state index < -0.39 is 15.7 Å². The molecule has 8 heteroatoms. The van der Waals surface area contributed by atoms with Gasteiger partial charge in [0.05, 0.1) is 24.8 Å². The predicted molar refractivity (Wildman–Crippen MR) is 63.8 cm³/mol. The molecule has 0 atom stereocenters. The minimum atomic E-state index is -2.89. The lowest BCUT2D eigenvalue weighted by atomic mass is 10.2. The number of hydrogen-bond donors (Lipinski definition) is 1. The molecule has 1 fully saturated rings. The molecule has 2 rings (SSSR count). The summed E-state index contributed by atoms with van der Waals surface area (Å²) in [6, 6.07) is -0.0105.